The van der Waals surface area contributed by atoms with E-state index in [-0.39, 0.29) is 5.83 Å². The summed E-state index contributed by atoms with van der Waals surface area (Å²) < 4.78 is 19.9. The van der Waals surface area contributed by atoms with E-state index in [1.807, 2.05) is 31.3 Å². The molecule has 1 N–H and O–H groups in total. The molecule has 7 heteroatoms. The maximum absolute atomic E-state index is 14.3. The molecule has 0 spiro atoms. The van der Waals surface area contributed by atoms with Gasteiger partial charge in [-0.05, 0) is 50.7 Å². The molecule has 3 aliphatic rings. The predicted molar refractivity (Wildman–Crippen MR) is 116 cm³/mol. The molecule has 30 heavy (non-hydrogen) atoms. The van der Waals surface area contributed by atoms with E-state index in [9.17, 15) is 9.18 Å². The highest BCUT2D eigenvalue weighted by Gasteiger charge is 2.30. The molecule has 0 saturated carbocycles. The average Bonchev–Trinajstić information content (AvgIpc) is 3.13. The van der Waals surface area contributed by atoms with Gasteiger partial charge in [0.15, 0.2) is 6.17 Å². The topological polar surface area (TPSA) is 52.0 Å². The van der Waals surface area contributed by atoms with Crippen molar-refractivity contribution in [3.8, 4) is 0 Å². The predicted octanol–water partition coefficient (Wildman–Crippen LogP) is 3.23. The zero-order chi connectivity index (χ0) is 21.0. The van der Waals surface area contributed by atoms with Gasteiger partial charge < -0.3 is 24.4 Å². The van der Waals surface area contributed by atoms with E-state index in [4.69, 9.17) is 4.42 Å². The fraction of sp³-hybridized carbons (Fsp3) is 0.348. The molecule has 0 aliphatic carbocycles. The largest absolute Gasteiger partial charge is 0.422 e. The van der Waals surface area contributed by atoms with E-state index < -0.39 is 11.8 Å². The van der Waals surface area contributed by atoms with E-state index in [0.717, 1.165) is 36.3 Å². The zero-order valence-corrected chi connectivity index (χ0v) is 17.4. The molecular weight excluding hydrogens is 383 g/mol. The lowest BCUT2D eigenvalue weighted by atomic mass is 10.1. The van der Waals surface area contributed by atoms with Gasteiger partial charge in [0.2, 0.25) is 0 Å². The third kappa shape index (κ3) is 3.19. The smallest absolute Gasteiger partial charge is 0.345 e. The van der Waals surface area contributed by atoms with Crippen LogP contribution in [0.1, 0.15) is 19.4 Å². The molecule has 2 aromatic rings. The molecule has 0 radical (unpaired) electrons. The second-order valence-electron chi connectivity index (χ2n) is 8.38. The van der Waals surface area contributed by atoms with Crippen LogP contribution >= 0.6 is 0 Å². The summed E-state index contributed by atoms with van der Waals surface area (Å²) in [6, 6.07) is 8.26. The van der Waals surface area contributed by atoms with Gasteiger partial charge in [-0.3, -0.25) is 0 Å². The number of piperazine rings is 1. The molecule has 1 aromatic heterocycles. The second kappa shape index (κ2) is 7.02. The van der Waals surface area contributed by atoms with Gasteiger partial charge in [-0.1, -0.05) is 0 Å². The van der Waals surface area contributed by atoms with Crippen LogP contribution in [0.4, 0.5) is 10.1 Å². The molecule has 2 atom stereocenters. The van der Waals surface area contributed by atoms with E-state index in [2.05, 4.69) is 35.2 Å². The number of hydrogen-bond donors (Lipinski definition) is 1. The van der Waals surface area contributed by atoms with Gasteiger partial charge in [-0.25, -0.2) is 9.18 Å². The van der Waals surface area contributed by atoms with E-state index in [1.54, 1.807) is 11.1 Å². The number of rotatable bonds is 2. The van der Waals surface area contributed by atoms with Gasteiger partial charge in [0.1, 0.15) is 11.4 Å². The third-order valence-electron chi connectivity index (χ3n) is 6.18. The molecule has 1 saturated heterocycles. The third-order valence-corrected chi connectivity index (χ3v) is 6.18. The van der Waals surface area contributed by atoms with Crippen LogP contribution in [0.25, 0.3) is 16.7 Å². The maximum Gasteiger partial charge on any atom is 0.345 e. The summed E-state index contributed by atoms with van der Waals surface area (Å²) in [5.74, 6) is -0.280. The Morgan fingerprint density at radius 1 is 1.20 bits per heavy atom. The number of nitrogens with one attached hydrogen (secondary N) is 1. The number of hydrogen-bond acceptors (Lipinski definition) is 6. The second-order valence-corrected chi connectivity index (χ2v) is 8.38. The standard InChI is InChI=1S/C23H25FN4O2/c1-14-8-19(24)22-25-20(13-28(22)11-14)18-9-16-4-5-17(10-21(16)30-23(18)29)27-7-6-26(3)15(2)12-27/h4-5,8-11,13,15,22,25H,6-7,12H2,1-3H3. The Balaban J connectivity index is 1.46. The van der Waals surface area contributed by atoms with Crippen LogP contribution in [-0.2, 0) is 0 Å². The van der Waals surface area contributed by atoms with Crippen molar-refractivity contribution in [2.24, 2.45) is 0 Å². The van der Waals surface area contributed by atoms with Crippen molar-refractivity contribution in [2.45, 2.75) is 26.1 Å². The van der Waals surface area contributed by atoms with Gasteiger partial charge in [-0.2, -0.15) is 0 Å². The molecule has 2 unspecified atom stereocenters. The van der Waals surface area contributed by atoms with Crippen molar-refractivity contribution in [2.75, 3.05) is 31.6 Å². The van der Waals surface area contributed by atoms with Crippen LogP contribution in [0, 0.1) is 0 Å². The minimum Gasteiger partial charge on any atom is -0.422 e. The Morgan fingerprint density at radius 2 is 2.03 bits per heavy atom. The molecule has 6 nitrogen and oxygen atoms in total. The van der Waals surface area contributed by atoms with Crippen molar-refractivity contribution in [1.29, 1.82) is 0 Å². The van der Waals surface area contributed by atoms with Crippen LogP contribution in [0.3, 0.4) is 0 Å². The van der Waals surface area contributed by atoms with Gasteiger partial charge >= 0.3 is 5.63 Å². The zero-order valence-electron chi connectivity index (χ0n) is 17.4. The maximum atomic E-state index is 14.3. The summed E-state index contributed by atoms with van der Waals surface area (Å²) in [5, 5.41) is 3.92. The number of halogens is 1. The first-order chi connectivity index (χ1) is 14.4. The molecule has 156 valence electrons. The lowest BCUT2D eigenvalue weighted by Crippen LogP contribution is -2.50. The Morgan fingerprint density at radius 3 is 2.83 bits per heavy atom. The van der Waals surface area contributed by atoms with Crippen LogP contribution in [0.15, 0.2) is 63.4 Å². The van der Waals surface area contributed by atoms with Crippen molar-refractivity contribution < 1.29 is 8.81 Å². The fourth-order valence-corrected chi connectivity index (χ4v) is 4.29. The summed E-state index contributed by atoms with van der Waals surface area (Å²) in [7, 11) is 2.14. The summed E-state index contributed by atoms with van der Waals surface area (Å²) in [4.78, 5) is 19.1. The molecule has 1 aromatic carbocycles. The number of allylic oxidation sites excluding steroid dienone is 2. The van der Waals surface area contributed by atoms with Crippen LogP contribution in [-0.4, -0.2) is 48.7 Å². The number of nitrogens with zero attached hydrogens (tertiary/aromatic N) is 3. The van der Waals surface area contributed by atoms with E-state index in [0.29, 0.717) is 22.9 Å². The van der Waals surface area contributed by atoms with Gasteiger partial charge in [0.25, 0.3) is 0 Å². The van der Waals surface area contributed by atoms with Crippen molar-refractivity contribution in [3.05, 3.63) is 70.1 Å². The highest BCUT2D eigenvalue weighted by atomic mass is 19.1. The first-order valence-corrected chi connectivity index (χ1v) is 10.2. The molecule has 0 amide bonds. The van der Waals surface area contributed by atoms with E-state index in [1.165, 1.54) is 6.08 Å². The minimum absolute atomic E-state index is 0.280. The molecule has 1 fully saturated rings. The van der Waals surface area contributed by atoms with Crippen molar-refractivity contribution in [1.82, 2.24) is 15.1 Å². The summed E-state index contributed by atoms with van der Waals surface area (Å²) in [6.07, 6.45) is 4.48. The fourth-order valence-electron chi connectivity index (χ4n) is 4.29. The van der Waals surface area contributed by atoms with Gasteiger partial charge in [-0.15, -0.1) is 0 Å². The summed E-state index contributed by atoms with van der Waals surface area (Å²) in [5.41, 5.74) is 2.96. The lowest BCUT2D eigenvalue weighted by Gasteiger charge is -2.39. The highest BCUT2D eigenvalue weighted by molar-refractivity contribution is 5.84. The normalized spacial score (nSPS) is 24.3. The van der Waals surface area contributed by atoms with E-state index >= 15 is 0 Å². The number of likely N-dealkylation sites (N-methyl/N-ethyl adjacent to an activating group) is 1. The Bertz CT molecular complexity index is 1170. The minimum atomic E-state index is -0.611. The van der Waals surface area contributed by atoms with Crippen molar-refractivity contribution in [3.63, 3.8) is 0 Å². The number of anilines is 1. The first-order valence-electron chi connectivity index (χ1n) is 10.2. The Labute approximate surface area is 174 Å². The Kier molecular flexibility index (Phi) is 4.43. The monoisotopic (exact) mass is 408 g/mol. The lowest BCUT2D eigenvalue weighted by molar-refractivity contribution is 0.234. The van der Waals surface area contributed by atoms with Crippen LogP contribution in [0.5, 0.6) is 0 Å². The molecule has 5 rings (SSSR count). The quantitative estimate of drug-likeness (QED) is 0.770. The van der Waals surface area contributed by atoms with Gasteiger partial charge in [0.05, 0.1) is 11.3 Å². The van der Waals surface area contributed by atoms with Crippen LogP contribution < -0.4 is 15.8 Å². The molecule has 3 aliphatic heterocycles. The SMILES string of the molecule is CC1=CN2C=C(c3cc4ccc(N5CCN(C)C(C)C5)cc4oc3=O)NC2C(F)=C1. The molecular formula is C23H25FN4O2. The number of benzene rings is 1. The molecule has 0 bridgehead atoms. The highest BCUT2D eigenvalue weighted by Crippen LogP contribution is 2.30. The molecule has 4 heterocycles. The summed E-state index contributed by atoms with van der Waals surface area (Å²) in [6.45, 7) is 6.92. The first kappa shape index (κ1) is 18.9. The summed E-state index contributed by atoms with van der Waals surface area (Å²) >= 11 is 0. The van der Waals surface area contributed by atoms with Crippen molar-refractivity contribution >= 4 is 22.4 Å². The van der Waals surface area contributed by atoms with Gasteiger partial charge in [0, 0.05) is 55.2 Å². The average molecular weight is 408 g/mol. The Hall–Kier alpha value is -3.06. The van der Waals surface area contributed by atoms with Crippen LogP contribution in [0.2, 0.25) is 0 Å². The number of fused-ring (bicyclic) bond motifs is 2.